The number of rotatable bonds is 5. The van der Waals surface area contributed by atoms with Gasteiger partial charge in [0.2, 0.25) is 5.91 Å². The highest BCUT2D eigenvalue weighted by Crippen LogP contribution is 2.16. The van der Waals surface area contributed by atoms with Crippen molar-refractivity contribution in [3.8, 4) is 5.75 Å². The molecule has 0 radical (unpaired) electrons. The first-order valence-corrected chi connectivity index (χ1v) is 7.21. The first-order valence-electron chi connectivity index (χ1n) is 7.21. The summed E-state index contributed by atoms with van der Waals surface area (Å²) in [5, 5.41) is 12.0. The first kappa shape index (κ1) is 15.8. The molecule has 114 valence electrons. The van der Waals surface area contributed by atoms with Crippen molar-refractivity contribution >= 4 is 17.4 Å². The second kappa shape index (κ2) is 6.89. The first-order chi connectivity index (χ1) is 10.5. The molecule has 0 aromatic heterocycles. The van der Waals surface area contributed by atoms with Gasteiger partial charge in [-0.2, -0.15) is 0 Å². The zero-order valence-electron chi connectivity index (χ0n) is 12.7. The Hall–Kier alpha value is -2.62. The largest absolute Gasteiger partial charge is 0.508 e. The molecule has 0 fully saturated rings. The summed E-state index contributed by atoms with van der Waals surface area (Å²) in [5.41, 5.74) is 3.18. The van der Waals surface area contributed by atoms with Gasteiger partial charge >= 0.3 is 0 Å². The molecule has 2 N–H and O–H groups in total. The SMILES string of the molecule is CCc1cc(CC(=O)Nc2ccc(O)cc2)ccc1C(C)=O. The van der Waals surface area contributed by atoms with Gasteiger partial charge in [0, 0.05) is 11.3 Å². The zero-order chi connectivity index (χ0) is 16.1. The number of phenols is 1. The molecule has 0 aliphatic rings. The lowest BCUT2D eigenvalue weighted by molar-refractivity contribution is -0.115. The molecule has 0 atom stereocenters. The molecule has 0 spiro atoms. The number of aryl methyl sites for hydroxylation is 1. The number of amides is 1. The average Bonchev–Trinajstić information content (AvgIpc) is 2.49. The van der Waals surface area contributed by atoms with Gasteiger partial charge in [-0.25, -0.2) is 0 Å². The Kier molecular flexibility index (Phi) is 4.94. The van der Waals surface area contributed by atoms with Crippen LogP contribution in [0.3, 0.4) is 0 Å². The van der Waals surface area contributed by atoms with Gasteiger partial charge in [0.1, 0.15) is 5.75 Å². The van der Waals surface area contributed by atoms with E-state index in [-0.39, 0.29) is 23.9 Å². The molecular weight excluding hydrogens is 278 g/mol. The van der Waals surface area contributed by atoms with Crippen LogP contribution in [0.4, 0.5) is 5.69 Å². The van der Waals surface area contributed by atoms with Gasteiger partial charge in [-0.15, -0.1) is 0 Å². The van der Waals surface area contributed by atoms with Crippen LogP contribution < -0.4 is 5.32 Å². The van der Waals surface area contributed by atoms with Crippen molar-refractivity contribution in [1.29, 1.82) is 0 Å². The van der Waals surface area contributed by atoms with Crippen LogP contribution in [0, 0.1) is 0 Å². The molecule has 1 amide bonds. The monoisotopic (exact) mass is 297 g/mol. The van der Waals surface area contributed by atoms with Crippen molar-refractivity contribution in [3.63, 3.8) is 0 Å². The Morgan fingerprint density at radius 2 is 1.77 bits per heavy atom. The standard InChI is InChI=1S/C18H19NO3/c1-3-14-10-13(4-9-17(14)12(2)20)11-18(22)19-15-5-7-16(21)8-6-15/h4-10,21H,3,11H2,1-2H3,(H,19,22). The summed E-state index contributed by atoms with van der Waals surface area (Å²) in [5.74, 6) is 0.0608. The van der Waals surface area contributed by atoms with Crippen LogP contribution in [-0.4, -0.2) is 16.8 Å². The van der Waals surface area contributed by atoms with E-state index < -0.39 is 0 Å². The minimum Gasteiger partial charge on any atom is -0.508 e. The van der Waals surface area contributed by atoms with E-state index in [4.69, 9.17) is 0 Å². The second-order valence-electron chi connectivity index (χ2n) is 5.17. The van der Waals surface area contributed by atoms with Crippen molar-refractivity contribution < 1.29 is 14.7 Å². The summed E-state index contributed by atoms with van der Waals surface area (Å²) in [6.07, 6.45) is 0.994. The predicted octanol–water partition coefficient (Wildman–Crippen LogP) is 3.34. The molecule has 2 aromatic carbocycles. The number of carbonyl (C=O) groups is 2. The molecule has 4 heteroatoms. The third-order valence-corrected chi connectivity index (χ3v) is 3.45. The molecule has 2 aromatic rings. The van der Waals surface area contributed by atoms with E-state index >= 15 is 0 Å². The normalized spacial score (nSPS) is 10.3. The van der Waals surface area contributed by atoms with E-state index in [1.54, 1.807) is 25.1 Å². The van der Waals surface area contributed by atoms with Crippen molar-refractivity contribution in [2.75, 3.05) is 5.32 Å². The van der Waals surface area contributed by atoms with Crippen LogP contribution in [0.25, 0.3) is 0 Å². The molecule has 0 unspecified atom stereocenters. The minimum atomic E-state index is -0.136. The number of hydrogen-bond donors (Lipinski definition) is 2. The van der Waals surface area contributed by atoms with Crippen molar-refractivity contribution in [2.45, 2.75) is 26.7 Å². The van der Waals surface area contributed by atoms with Gasteiger partial charge in [0.05, 0.1) is 6.42 Å². The van der Waals surface area contributed by atoms with E-state index in [2.05, 4.69) is 5.32 Å². The van der Waals surface area contributed by atoms with Crippen LogP contribution in [-0.2, 0) is 17.6 Å². The van der Waals surface area contributed by atoms with E-state index in [0.717, 1.165) is 17.5 Å². The van der Waals surface area contributed by atoms with Crippen molar-refractivity contribution in [2.24, 2.45) is 0 Å². The fourth-order valence-electron chi connectivity index (χ4n) is 2.33. The zero-order valence-corrected chi connectivity index (χ0v) is 12.7. The number of nitrogens with one attached hydrogen (secondary N) is 1. The summed E-state index contributed by atoms with van der Waals surface area (Å²) < 4.78 is 0. The summed E-state index contributed by atoms with van der Waals surface area (Å²) in [4.78, 5) is 23.6. The van der Waals surface area contributed by atoms with Gasteiger partial charge < -0.3 is 10.4 Å². The quantitative estimate of drug-likeness (QED) is 0.657. The predicted molar refractivity (Wildman–Crippen MR) is 86.3 cm³/mol. The van der Waals surface area contributed by atoms with E-state index in [0.29, 0.717) is 11.3 Å². The second-order valence-corrected chi connectivity index (χ2v) is 5.17. The lowest BCUT2D eigenvalue weighted by atomic mass is 9.98. The fraction of sp³-hybridized carbons (Fsp3) is 0.222. The summed E-state index contributed by atoms with van der Waals surface area (Å²) >= 11 is 0. The number of anilines is 1. The molecule has 0 aliphatic heterocycles. The van der Waals surface area contributed by atoms with Crippen molar-refractivity contribution in [1.82, 2.24) is 0 Å². The topological polar surface area (TPSA) is 66.4 Å². The molecule has 0 saturated carbocycles. The van der Waals surface area contributed by atoms with E-state index in [1.807, 2.05) is 19.1 Å². The Bertz CT molecular complexity index is 690. The van der Waals surface area contributed by atoms with Crippen molar-refractivity contribution in [3.05, 3.63) is 59.2 Å². The molecule has 0 aliphatic carbocycles. The van der Waals surface area contributed by atoms with Crippen LogP contribution in [0.15, 0.2) is 42.5 Å². The van der Waals surface area contributed by atoms with Crippen LogP contribution in [0.1, 0.15) is 35.3 Å². The Labute approximate surface area is 129 Å². The van der Waals surface area contributed by atoms with Gasteiger partial charge in [-0.05, 0) is 48.7 Å². The number of aromatic hydroxyl groups is 1. The van der Waals surface area contributed by atoms with Gasteiger partial charge in [-0.1, -0.05) is 25.1 Å². The third-order valence-electron chi connectivity index (χ3n) is 3.45. The fourth-order valence-corrected chi connectivity index (χ4v) is 2.33. The summed E-state index contributed by atoms with van der Waals surface area (Å²) in [6.45, 7) is 3.54. The maximum absolute atomic E-state index is 12.0. The number of ketones is 1. The maximum atomic E-state index is 12.0. The van der Waals surface area contributed by atoms with Crippen LogP contribution in [0.2, 0.25) is 0 Å². The number of Topliss-reactive ketones (excluding diaryl/α,β-unsaturated/α-hetero) is 1. The highest BCUT2D eigenvalue weighted by molar-refractivity contribution is 5.96. The minimum absolute atomic E-state index is 0.0388. The van der Waals surface area contributed by atoms with Crippen LogP contribution in [0.5, 0.6) is 5.75 Å². The molecule has 0 bridgehead atoms. The Morgan fingerprint density at radius 1 is 1.09 bits per heavy atom. The Balaban J connectivity index is 2.08. The smallest absolute Gasteiger partial charge is 0.228 e. The number of hydrogen-bond acceptors (Lipinski definition) is 3. The highest BCUT2D eigenvalue weighted by atomic mass is 16.3. The third kappa shape index (κ3) is 3.95. The summed E-state index contributed by atoms with van der Waals surface area (Å²) in [7, 11) is 0. The van der Waals surface area contributed by atoms with Crippen LogP contribution >= 0.6 is 0 Å². The lowest BCUT2D eigenvalue weighted by Crippen LogP contribution is -2.14. The molecule has 22 heavy (non-hydrogen) atoms. The van der Waals surface area contributed by atoms with Gasteiger partial charge in [0.25, 0.3) is 0 Å². The molecule has 2 rings (SSSR count). The maximum Gasteiger partial charge on any atom is 0.228 e. The summed E-state index contributed by atoms with van der Waals surface area (Å²) in [6, 6.07) is 11.8. The molecule has 0 saturated heterocycles. The number of benzene rings is 2. The number of phenolic OH excluding ortho intramolecular Hbond substituents is 1. The van der Waals surface area contributed by atoms with E-state index in [9.17, 15) is 14.7 Å². The molecular formula is C18H19NO3. The van der Waals surface area contributed by atoms with Gasteiger partial charge in [0.15, 0.2) is 5.78 Å². The molecule has 4 nitrogen and oxygen atoms in total. The van der Waals surface area contributed by atoms with Gasteiger partial charge in [-0.3, -0.25) is 9.59 Å². The Morgan fingerprint density at radius 3 is 2.36 bits per heavy atom. The van der Waals surface area contributed by atoms with E-state index in [1.165, 1.54) is 12.1 Å². The lowest BCUT2D eigenvalue weighted by Gasteiger charge is -2.09. The average molecular weight is 297 g/mol. The number of carbonyl (C=O) groups excluding carboxylic acids is 2. The molecule has 0 heterocycles. The highest BCUT2D eigenvalue weighted by Gasteiger charge is 2.09.